The first-order valence-corrected chi connectivity index (χ1v) is 7.22. The average Bonchev–Trinajstić information content (AvgIpc) is 2.43. The van der Waals surface area contributed by atoms with Crippen molar-refractivity contribution in [1.82, 2.24) is 9.97 Å². The van der Waals surface area contributed by atoms with Crippen LogP contribution in [0.2, 0.25) is 0 Å². The molecule has 0 fully saturated rings. The molecule has 1 atom stereocenters. The van der Waals surface area contributed by atoms with E-state index < -0.39 is 0 Å². The second-order valence-electron chi connectivity index (χ2n) is 5.70. The Labute approximate surface area is 126 Å². The molecule has 2 rings (SSSR count). The van der Waals surface area contributed by atoms with E-state index in [0.29, 0.717) is 11.7 Å². The van der Waals surface area contributed by atoms with Gasteiger partial charge in [0.05, 0.1) is 17.6 Å². The van der Waals surface area contributed by atoms with Gasteiger partial charge in [-0.3, -0.25) is 0 Å². The van der Waals surface area contributed by atoms with E-state index in [0.717, 1.165) is 34.9 Å². The molecule has 2 N–H and O–H groups in total. The largest absolute Gasteiger partial charge is 0.507 e. The zero-order chi connectivity index (χ0) is 15.6. The van der Waals surface area contributed by atoms with Crippen LogP contribution < -0.4 is 5.32 Å². The van der Waals surface area contributed by atoms with Crippen molar-refractivity contribution in [3.63, 3.8) is 0 Å². The molecule has 0 radical (unpaired) electrons. The highest BCUT2D eigenvalue weighted by molar-refractivity contribution is 5.47. The lowest BCUT2D eigenvalue weighted by Gasteiger charge is -2.17. The maximum absolute atomic E-state index is 9.85. The summed E-state index contributed by atoms with van der Waals surface area (Å²) < 4.78 is 0. The summed E-state index contributed by atoms with van der Waals surface area (Å²) in [6, 6.07) is 4.10. The summed E-state index contributed by atoms with van der Waals surface area (Å²) in [7, 11) is 0. The molecule has 4 nitrogen and oxygen atoms in total. The smallest absolute Gasteiger partial charge is 0.125 e. The van der Waals surface area contributed by atoms with E-state index in [2.05, 4.69) is 22.2 Å². The summed E-state index contributed by atoms with van der Waals surface area (Å²) in [4.78, 5) is 8.58. The van der Waals surface area contributed by atoms with Crippen molar-refractivity contribution in [3.05, 3.63) is 46.5 Å². The molecule has 4 heteroatoms. The molecule has 2 aromatic rings. The minimum Gasteiger partial charge on any atom is -0.507 e. The van der Waals surface area contributed by atoms with Crippen LogP contribution in [0, 0.1) is 27.7 Å². The van der Waals surface area contributed by atoms with Crippen LogP contribution in [0.15, 0.2) is 18.3 Å². The third-order valence-corrected chi connectivity index (χ3v) is 3.78. The first-order chi connectivity index (χ1) is 9.88. The van der Waals surface area contributed by atoms with E-state index in [1.165, 1.54) is 5.56 Å². The van der Waals surface area contributed by atoms with Crippen molar-refractivity contribution in [2.45, 2.75) is 40.5 Å². The van der Waals surface area contributed by atoms with Crippen molar-refractivity contribution in [1.29, 1.82) is 0 Å². The molecule has 1 aromatic heterocycles. The highest BCUT2D eigenvalue weighted by Crippen LogP contribution is 2.27. The highest BCUT2D eigenvalue weighted by Gasteiger charge is 2.10. The van der Waals surface area contributed by atoms with Crippen molar-refractivity contribution in [2.24, 2.45) is 0 Å². The lowest BCUT2D eigenvalue weighted by Crippen LogP contribution is -2.12. The van der Waals surface area contributed by atoms with Crippen molar-refractivity contribution < 1.29 is 5.11 Å². The summed E-state index contributed by atoms with van der Waals surface area (Å²) >= 11 is 0. The van der Waals surface area contributed by atoms with E-state index in [1.54, 1.807) is 0 Å². The molecule has 0 aliphatic heterocycles. The molecule has 1 heterocycles. The van der Waals surface area contributed by atoms with Crippen LogP contribution in [-0.4, -0.2) is 21.6 Å². The van der Waals surface area contributed by atoms with Gasteiger partial charge in [-0.2, -0.15) is 0 Å². The number of nitrogens with zero attached hydrogens (tertiary/aromatic N) is 2. The maximum atomic E-state index is 9.85. The highest BCUT2D eigenvalue weighted by atomic mass is 16.3. The number of hydrogen-bond acceptors (Lipinski definition) is 4. The Morgan fingerprint density at radius 1 is 1.14 bits per heavy atom. The molecule has 112 valence electrons. The number of rotatable bonds is 4. The van der Waals surface area contributed by atoms with Gasteiger partial charge < -0.3 is 10.4 Å². The summed E-state index contributed by atoms with van der Waals surface area (Å²) in [6.07, 6.45) is 1.83. The number of aromatic nitrogens is 2. The zero-order valence-electron chi connectivity index (χ0n) is 13.4. The number of aryl methyl sites for hydroxylation is 4. The van der Waals surface area contributed by atoms with Gasteiger partial charge in [0.1, 0.15) is 11.6 Å². The summed E-state index contributed by atoms with van der Waals surface area (Å²) in [5.41, 5.74) is 5.01. The average molecular weight is 285 g/mol. The van der Waals surface area contributed by atoms with Crippen LogP contribution >= 0.6 is 0 Å². The van der Waals surface area contributed by atoms with Crippen LogP contribution in [-0.2, 0) is 0 Å². The molecule has 1 unspecified atom stereocenters. The molecule has 0 aliphatic carbocycles. The van der Waals surface area contributed by atoms with Gasteiger partial charge in [0.15, 0.2) is 0 Å². The number of phenols is 1. The number of phenolic OH excluding ortho intramolecular Hbond substituents is 1. The molecular weight excluding hydrogens is 262 g/mol. The molecule has 0 saturated heterocycles. The minimum atomic E-state index is 0.337. The Kier molecular flexibility index (Phi) is 4.46. The van der Waals surface area contributed by atoms with Gasteiger partial charge in [-0.25, -0.2) is 9.97 Å². The lowest BCUT2D eigenvalue weighted by molar-refractivity contribution is 0.466. The Morgan fingerprint density at radius 3 is 2.33 bits per heavy atom. The monoisotopic (exact) mass is 285 g/mol. The number of nitrogens with one attached hydrogen (secondary N) is 1. The lowest BCUT2D eigenvalue weighted by atomic mass is 9.96. The molecule has 1 aromatic carbocycles. The van der Waals surface area contributed by atoms with Gasteiger partial charge in [-0.1, -0.05) is 19.1 Å². The molecule has 0 aliphatic rings. The number of anilines is 1. The van der Waals surface area contributed by atoms with Crippen molar-refractivity contribution >= 4 is 5.69 Å². The van der Waals surface area contributed by atoms with Gasteiger partial charge >= 0.3 is 0 Å². The van der Waals surface area contributed by atoms with E-state index in [9.17, 15) is 5.11 Å². The third kappa shape index (κ3) is 3.51. The van der Waals surface area contributed by atoms with Gasteiger partial charge in [0.25, 0.3) is 0 Å². The van der Waals surface area contributed by atoms with Gasteiger partial charge in [-0.05, 0) is 50.3 Å². The fraction of sp³-hybridized carbons (Fsp3) is 0.412. The predicted octanol–water partition coefficient (Wildman–Crippen LogP) is 3.63. The van der Waals surface area contributed by atoms with Crippen LogP contribution in [0.3, 0.4) is 0 Å². The predicted molar refractivity (Wildman–Crippen MR) is 86.0 cm³/mol. The number of hydrogen-bond donors (Lipinski definition) is 2. The zero-order valence-corrected chi connectivity index (χ0v) is 13.4. The maximum Gasteiger partial charge on any atom is 0.125 e. The first kappa shape index (κ1) is 15.3. The minimum absolute atomic E-state index is 0.337. The van der Waals surface area contributed by atoms with Crippen LogP contribution in [0.1, 0.15) is 41.1 Å². The number of aromatic hydroxyl groups is 1. The summed E-state index contributed by atoms with van der Waals surface area (Å²) in [5, 5.41) is 13.3. The van der Waals surface area contributed by atoms with Crippen LogP contribution in [0.5, 0.6) is 5.75 Å². The Bertz CT molecular complexity index is 629. The van der Waals surface area contributed by atoms with Crippen LogP contribution in [0.25, 0.3) is 0 Å². The molecule has 0 bridgehead atoms. The van der Waals surface area contributed by atoms with Crippen molar-refractivity contribution in [3.8, 4) is 5.75 Å². The quantitative estimate of drug-likeness (QED) is 0.900. The topological polar surface area (TPSA) is 58.0 Å². The van der Waals surface area contributed by atoms with Gasteiger partial charge in [0, 0.05) is 6.54 Å². The summed E-state index contributed by atoms with van der Waals surface area (Å²) in [5.74, 6) is 1.52. The SMILES string of the molecule is Cc1ncc(NCC(C)c2cc(C)c(O)c(C)c2)c(C)n1. The fourth-order valence-electron chi connectivity index (χ4n) is 2.41. The molecular formula is C17H23N3O. The molecule has 0 amide bonds. The van der Waals surface area contributed by atoms with E-state index in [-0.39, 0.29) is 0 Å². The normalized spacial score (nSPS) is 12.2. The van der Waals surface area contributed by atoms with E-state index in [4.69, 9.17) is 0 Å². The summed E-state index contributed by atoms with van der Waals surface area (Å²) in [6.45, 7) is 10.7. The van der Waals surface area contributed by atoms with E-state index in [1.807, 2.05) is 46.0 Å². The Morgan fingerprint density at radius 2 is 1.76 bits per heavy atom. The first-order valence-electron chi connectivity index (χ1n) is 7.22. The third-order valence-electron chi connectivity index (χ3n) is 3.78. The molecule has 0 spiro atoms. The second kappa shape index (κ2) is 6.12. The van der Waals surface area contributed by atoms with Gasteiger partial charge in [-0.15, -0.1) is 0 Å². The number of benzene rings is 1. The fourth-order valence-corrected chi connectivity index (χ4v) is 2.41. The Hall–Kier alpha value is -2.10. The second-order valence-corrected chi connectivity index (χ2v) is 5.70. The molecule has 21 heavy (non-hydrogen) atoms. The van der Waals surface area contributed by atoms with Crippen LogP contribution in [0.4, 0.5) is 5.69 Å². The van der Waals surface area contributed by atoms with Gasteiger partial charge in [0.2, 0.25) is 0 Å². The Balaban J connectivity index is 2.09. The van der Waals surface area contributed by atoms with E-state index >= 15 is 0 Å². The molecule has 0 saturated carbocycles. The van der Waals surface area contributed by atoms with Crippen molar-refractivity contribution in [2.75, 3.05) is 11.9 Å². The standard InChI is InChI=1S/C17H23N3O/c1-10-6-15(7-11(2)17(10)21)12(3)8-19-16-9-18-14(5)20-13(16)4/h6-7,9,12,19,21H,8H2,1-5H3.